The zero-order valence-electron chi connectivity index (χ0n) is 10.4. The molecule has 2 N–H and O–H groups in total. The molecule has 1 aliphatic carbocycles. The molecule has 7 heteroatoms. The van der Waals surface area contributed by atoms with Gasteiger partial charge in [0.2, 0.25) is 10.0 Å². The molecule has 0 atom stereocenters. The molecular formula is C11H21NO5S. The van der Waals surface area contributed by atoms with Gasteiger partial charge in [-0.3, -0.25) is 0 Å². The Labute approximate surface area is 108 Å². The predicted octanol–water partition coefficient (Wildman–Crippen LogP) is 0.587. The molecule has 0 amide bonds. The first-order chi connectivity index (χ1) is 8.49. The van der Waals surface area contributed by atoms with Crippen LogP contribution in [-0.2, 0) is 19.6 Å². The van der Waals surface area contributed by atoms with E-state index < -0.39 is 22.6 Å². The summed E-state index contributed by atoms with van der Waals surface area (Å²) >= 11 is 0. The summed E-state index contributed by atoms with van der Waals surface area (Å²) in [5.41, 5.74) is 0. The zero-order chi connectivity index (χ0) is 13.4. The lowest BCUT2D eigenvalue weighted by Gasteiger charge is -2.21. The highest BCUT2D eigenvalue weighted by Crippen LogP contribution is 2.24. The number of hydrogen-bond donors (Lipinski definition) is 2. The molecule has 0 bridgehead atoms. The van der Waals surface area contributed by atoms with Gasteiger partial charge in [0.1, 0.15) is 6.61 Å². The Bertz CT molecular complexity index is 348. The lowest BCUT2D eigenvalue weighted by molar-refractivity contribution is -0.142. The fraction of sp³-hybridized carbons (Fsp3) is 0.909. The van der Waals surface area contributed by atoms with Crippen molar-refractivity contribution < 1.29 is 23.1 Å². The van der Waals surface area contributed by atoms with E-state index in [4.69, 9.17) is 9.84 Å². The van der Waals surface area contributed by atoms with Gasteiger partial charge in [0.25, 0.3) is 0 Å². The molecular weight excluding hydrogens is 258 g/mol. The van der Waals surface area contributed by atoms with E-state index in [1.807, 2.05) is 0 Å². The molecule has 0 aromatic heterocycles. The molecule has 0 aliphatic heterocycles. The Morgan fingerprint density at radius 2 is 1.94 bits per heavy atom. The third-order valence-corrected chi connectivity index (χ3v) is 4.53. The monoisotopic (exact) mass is 279 g/mol. The number of rotatable bonds is 8. The molecule has 1 rings (SSSR count). The second kappa shape index (κ2) is 7.70. The maximum absolute atomic E-state index is 11.7. The summed E-state index contributed by atoms with van der Waals surface area (Å²) in [4.78, 5) is 10.2. The molecule has 6 nitrogen and oxygen atoms in total. The Balaban J connectivity index is 2.16. The van der Waals surface area contributed by atoms with Crippen LogP contribution in [0.2, 0.25) is 0 Å². The van der Waals surface area contributed by atoms with Gasteiger partial charge in [-0.1, -0.05) is 19.3 Å². The minimum absolute atomic E-state index is 0.0796. The topological polar surface area (TPSA) is 92.7 Å². The summed E-state index contributed by atoms with van der Waals surface area (Å²) in [5, 5.41) is 8.33. The van der Waals surface area contributed by atoms with Crippen molar-refractivity contribution in [2.45, 2.75) is 32.1 Å². The second-order valence-electron chi connectivity index (χ2n) is 4.63. The summed E-state index contributed by atoms with van der Waals surface area (Å²) in [6, 6.07) is 0. The fourth-order valence-corrected chi connectivity index (χ4v) is 3.62. The lowest BCUT2D eigenvalue weighted by atomic mass is 9.91. The van der Waals surface area contributed by atoms with Gasteiger partial charge in [0, 0.05) is 6.54 Å². The Morgan fingerprint density at radius 3 is 2.56 bits per heavy atom. The lowest BCUT2D eigenvalue weighted by Crippen LogP contribution is -2.33. The van der Waals surface area contributed by atoms with E-state index in [9.17, 15) is 13.2 Å². The van der Waals surface area contributed by atoms with E-state index in [-0.39, 0.29) is 24.8 Å². The van der Waals surface area contributed by atoms with Crippen LogP contribution in [0.25, 0.3) is 0 Å². The number of carboxylic acids is 1. The maximum Gasteiger partial charge on any atom is 0.329 e. The van der Waals surface area contributed by atoms with Crippen LogP contribution < -0.4 is 4.72 Å². The molecule has 18 heavy (non-hydrogen) atoms. The molecule has 0 saturated heterocycles. The van der Waals surface area contributed by atoms with Crippen LogP contribution in [0.4, 0.5) is 0 Å². The van der Waals surface area contributed by atoms with E-state index >= 15 is 0 Å². The van der Waals surface area contributed by atoms with Crippen LogP contribution in [-0.4, -0.2) is 45.0 Å². The van der Waals surface area contributed by atoms with Crippen molar-refractivity contribution in [3.8, 4) is 0 Å². The summed E-state index contributed by atoms with van der Waals surface area (Å²) in [6.45, 7) is -0.192. The second-order valence-corrected chi connectivity index (χ2v) is 6.48. The molecule has 0 heterocycles. The largest absolute Gasteiger partial charge is 0.480 e. The number of nitrogens with one attached hydrogen (secondary N) is 1. The van der Waals surface area contributed by atoms with Crippen LogP contribution in [0.1, 0.15) is 32.1 Å². The standard InChI is InChI=1S/C11H21NO5S/c13-11(14)8-17-7-6-12-18(15,16)9-10-4-2-1-3-5-10/h10,12H,1-9H2,(H,13,14). The minimum atomic E-state index is -3.26. The molecule has 0 radical (unpaired) electrons. The minimum Gasteiger partial charge on any atom is -0.480 e. The number of aliphatic carboxylic acids is 1. The van der Waals surface area contributed by atoms with Gasteiger partial charge in [0.05, 0.1) is 12.4 Å². The van der Waals surface area contributed by atoms with Gasteiger partial charge < -0.3 is 9.84 Å². The normalized spacial score (nSPS) is 17.8. The Morgan fingerprint density at radius 1 is 1.28 bits per heavy atom. The Kier molecular flexibility index (Phi) is 6.59. The van der Waals surface area contributed by atoms with Crippen LogP contribution in [0.3, 0.4) is 0 Å². The molecule has 1 aliphatic rings. The zero-order valence-corrected chi connectivity index (χ0v) is 11.2. The van der Waals surface area contributed by atoms with Gasteiger partial charge in [0.15, 0.2) is 0 Å². The van der Waals surface area contributed by atoms with Gasteiger partial charge in [-0.2, -0.15) is 0 Å². The number of hydrogen-bond acceptors (Lipinski definition) is 4. The van der Waals surface area contributed by atoms with Gasteiger partial charge in [-0.05, 0) is 18.8 Å². The van der Waals surface area contributed by atoms with Crippen molar-refractivity contribution in [3.63, 3.8) is 0 Å². The highest BCUT2D eigenvalue weighted by atomic mass is 32.2. The van der Waals surface area contributed by atoms with Crippen LogP contribution in [0.15, 0.2) is 0 Å². The number of ether oxygens (including phenoxy) is 1. The average molecular weight is 279 g/mol. The first-order valence-electron chi connectivity index (χ1n) is 6.26. The highest BCUT2D eigenvalue weighted by Gasteiger charge is 2.20. The summed E-state index contributed by atoms with van der Waals surface area (Å²) < 4.78 is 30.6. The first kappa shape index (κ1) is 15.4. The van der Waals surface area contributed by atoms with Gasteiger partial charge in [-0.15, -0.1) is 0 Å². The quantitative estimate of drug-likeness (QED) is 0.634. The maximum atomic E-state index is 11.7. The molecule has 0 spiro atoms. The van der Waals surface area contributed by atoms with Crippen LogP contribution in [0.5, 0.6) is 0 Å². The van der Waals surface area contributed by atoms with Crippen molar-refractivity contribution in [3.05, 3.63) is 0 Å². The van der Waals surface area contributed by atoms with Crippen LogP contribution in [0, 0.1) is 5.92 Å². The summed E-state index contributed by atoms with van der Waals surface area (Å²) in [6.07, 6.45) is 5.39. The SMILES string of the molecule is O=C(O)COCCNS(=O)(=O)CC1CCCCC1. The van der Waals surface area contributed by atoms with E-state index in [1.165, 1.54) is 6.42 Å². The van der Waals surface area contributed by atoms with E-state index in [0.29, 0.717) is 0 Å². The molecule has 0 aromatic rings. The van der Waals surface area contributed by atoms with Crippen molar-refractivity contribution in [1.29, 1.82) is 0 Å². The van der Waals surface area contributed by atoms with Crippen molar-refractivity contribution in [2.24, 2.45) is 5.92 Å². The summed E-state index contributed by atoms with van der Waals surface area (Å²) in [7, 11) is -3.26. The molecule has 1 fully saturated rings. The van der Waals surface area contributed by atoms with Crippen molar-refractivity contribution in [2.75, 3.05) is 25.5 Å². The molecule has 0 unspecified atom stereocenters. The third kappa shape index (κ3) is 6.93. The molecule has 1 saturated carbocycles. The smallest absolute Gasteiger partial charge is 0.329 e. The fourth-order valence-electron chi connectivity index (χ4n) is 2.15. The van der Waals surface area contributed by atoms with E-state index in [0.717, 1.165) is 25.7 Å². The van der Waals surface area contributed by atoms with E-state index in [1.54, 1.807) is 0 Å². The third-order valence-electron chi connectivity index (χ3n) is 2.97. The molecule has 0 aromatic carbocycles. The first-order valence-corrected chi connectivity index (χ1v) is 7.92. The van der Waals surface area contributed by atoms with Gasteiger partial charge in [-0.25, -0.2) is 17.9 Å². The number of sulfonamides is 1. The molecule has 106 valence electrons. The number of carboxylic acid groups (broad SMARTS) is 1. The highest BCUT2D eigenvalue weighted by molar-refractivity contribution is 7.89. The van der Waals surface area contributed by atoms with Crippen molar-refractivity contribution in [1.82, 2.24) is 4.72 Å². The van der Waals surface area contributed by atoms with Crippen molar-refractivity contribution >= 4 is 16.0 Å². The number of carbonyl (C=O) groups is 1. The summed E-state index contributed by atoms with van der Waals surface area (Å²) in [5.74, 6) is -0.623. The Hall–Kier alpha value is -0.660. The van der Waals surface area contributed by atoms with Crippen LogP contribution >= 0.6 is 0 Å². The predicted molar refractivity (Wildman–Crippen MR) is 66.8 cm³/mol. The van der Waals surface area contributed by atoms with E-state index in [2.05, 4.69) is 4.72 Å². The van der Waals surface area contributed by atoms with Gasteiger partial charge >= 0.3 is 5.97 Å². The average Bonchev–Trinajstić information content (AvgIpc) is 2.28.